The highest BCUT2D eigenvalue weighted by Crippen LogP contribution is 2.65. The van der Waals surface area contributed by atoms with E-state index in [0.29, 0.717) is 40.3 Å². The third-order valence-corrected chi connectivity index (χ3v) is 6.64. The van der Waals surface area contributed by atoms with Gasteiger partial charge in [0.25, 0.3) is 11.8 Å². The summed E-state index contributed by atoms with van der Waals surface area (Å²) in [5.41, 5.74) is -0.161. The number of carbonyl (C=O) groups is 2. The van der Waals surface area contributed by atoms with Crippen LogP contribution in [0.5, 0.6) is 0 Å². The summed E-state index contributed by atoms with van der Waals surface area (Å²) in [7, 11) is 0. The fourth-order valence-electron chi connectivity index (χ4n) is 3.94. The second-order valence-corrected chi connectivity index (χ2v) is 8.40. The zero-order valence-corrected chi connectivity index (χ0v) is 16.6. The molecule has 150 valence electrons. The summed E-state index contributed by atoms with van der Waals surface area (Å²) in [6.45, 7) is 2.11. The lowest BCUT2D eigenvalue weighted by atomic mass is 10.1. The molecule has 28 heavy (non-hydrogen) atoms. The number of alkyl halides is 2. The Morgan fingerprint density at radius 1 is 1.36 bits per heavy atom. The van der Waals surface area contributed by atoms with E-state index in [1.54, 1.807) is 25.1 Å². The van der Waals surface area contributed by atoms with Gasteiger partial charge in [-0.25, -0.2) is 8.78 Å². The maximum absolute atomic E-state index is 13.6. The van der Waals surface area contributed by atoms with Gasteiger partial charge in [0.15, 0.2) is 0 Å². The molecule has 9 heteroatoms. The Morgan fingerprint density at radius 2 is 2.07 bits per heavy atom. The Morgan fingerprint density at radius 3 is 2.68 bits per heavy atom. The van der Waals surface area contributed by atoms with Gasteiger partial charge < -0.3 is 15.2 Å². The molecule has 1 saturated heterocycles. The van der Waals surface area contributed by atoms with E-state index in [9.17, 15) is 18.4 Å². The van der Waals surface area contributed by atoms with Crippen LogP contribution in [0.15, 0.2) is 18.2 Å². The maximum Gasteiger partial charge on any atom is 0.268 e. The number of nitrogens with zero attached hydrogens (tertiary/aromatic N) is 1. The summed E-state index contributed by atoms with van der Waals surface area (Å²) in [6.07, 6.45) is 0.500. The average Bonchev–Trinajstić information content (AvgIpc) is 3.05. The van der Waals surface area contributed by atoms with Gasteiger partial charge in [0, 0.05) is 30.4 Å². The molecule has 0 unspecified atom stereocenters. The summed E-state index contributed by atoms with van der Waals surface area (Å²) in [5, 5.41) is 4.02. The number of rotatable bonds is 4. The van der Waals surface area contributed by atoms with Gasteiger partial charge >= 0.3 is 0 Å². The third kappa shape index (κ3) is 3.05. The number of H-pyrrole nitrogens is 1. The molecule has 2 aliphatic rings. The topological polar surface area (TPSA) is 65.2 Å². The molecule has 2 heterocycles. The van der Waals surface area contributed by atoms with Gasteiger partial charge in [-0.2, -0.15) is 0 Å². The zero-order chi connectivity index (χ0) is 20.3. The minimum absolute atomic E-state index is 0.0473. The first-order valence-corrected chi connectivity index (χ1v) is 9.87. The van der Waals surface area contributed by atoms with Crippen LogP contribution in [0.25, 0.3) is 10.9 Å². The lowest BCUT2D eigenvalue weighted by Gasteiger charge is -2.23. The minimum Gasteiger partial charge on any atom is -0.350 e. The highest BCUT2D eigenvalue weighted by Gasteiger charge is 2.73. The van der Waals surface area contributed by atoms with E-state index < -0.39 is 23.3 Å². The molecule has 0 radical (unpaired) electrons. The fraction of sp³-hybridized carbons (Fsp3) is 0.474. The van der Waals surface area contributed by atoms with Gasteiger partial charge in [-0.05, 0) is 31.0 Å². The van der Waals surface area contributed by atoms with Gasteiger partial charge in [0.1, 0.15) is 11.7 Å². The highest BCUT2D eigenvalue weighted by atomic mass is 35.5. The summed E-state index contributed by atoms with van der Waals surface area (Å²) >= 11 is 12.2. The second kappa shape index (κ2) is 6.59. The van der Waals surface area contributed by atoms with Gasteiger partial charge in [0.05, 0.1) is 15.5 Å². The predicted molar refractivity (Wildman–Crippen MR) is 103 cm³/mol. The van der Waals surface area contributed by atoms with Crippen LogP contribution in [-0.2, 0) is 4.79 Å². The smallest absolute Gasteiger partial charge is 0.268 e. The van der Waals surface area contributed by atoms with Crippen LogP contribution in [0.3, 0.4) is 0 Å². The molecule has 4 rings (SSSR count). The molecule has 1 aliphatic heterocycles. The number of nitrogens with one attached hydrogen (secondary N) is 2. The number of aromatic amines is 1. The molecule has 1 aromatic heterocycles. The van der Waals surface area contributed by atoms with Crippen molar-refractivity contribution >= 4 is 45.9 Å². The molecule has 2 fully saturated rings. The van der Waals surface area contributed by atoms with Gasteiger partial charge in [-0.1, -0.05) is 30.1 Å². The van der Waals surface area contributed by atoms with Gasteiger partial charge in [-0.3, -0.25) is 9.59 Å². The largest absolute Gasteiger partial charge is 0.350 e. The SMILES string of the molecule is CC[C@@H](NC(=O)c1cc2c(Cl)c(Cl)ccc2[nH]1)C(=O)N1CC[C@]2(C1)CC2(F)F. The first-order chi connectivity index (χ1) is 13.2. The van der Waals surface area contributed by atoms with Gasteiger partial charge in [0.2, 0.25) is 5.91 Å². The van der Waals surface area contributed by atoms with Crippen molar-refractivity contribution in [3.05, 3.63) is 33.9 Å². The molecular formula is C19H19Cl2F2N3O2. The zero-order valence-electron chi connectivity index (χ0n) is 15.1. The normalized spacial score (nSPS) is 24.0. The van der Waals surface area contributed by atoms with E-state index in [2.05, 4.69) is 10.3 Å². The summed E-state index contributed by atoms with van der Waals surface area (Å²) in [5.74, 6) is -3.47. The first-order valence-electron chi connectivity index (χ1n) is 9.12. The molecule has 5 nitrogen and oxygen atoms in total. The Balaban J connectivity index is 1.47. The monoisotopic (exact) mass is 429 g/mol. The standard InChI is InChI=1S/C19H19Cl2F2N3O2/c1-2-12(17(28)26-6-5-18(9-26)8-19(18,22)23)25-16(27)14-7-10-13(24-14)4-3-11(20)15(10)21/h3-4,7,12,24H,2,5-6,8-9H2,1H3,(H,25,27)/t12-,18-/m1/s1. The van der Waals surface area contributed by atoms with Crippen molar-refractivity contribution in [3.63, 3.8) is 0 Å². The lowest BCUT2D eigenvalue weighted by Crippen LogP contribution is -2.47. The number of likely N-dealkylation sites (tertiary alicyclic amines) is 1. The van der Waals surface area contributed by atoms with Crippen LogP contribution < -0.4 is 5.32 Å². The van der Waals surface area contributed by atoms with Crippen LogP contribution in [0.2, 0.25) is 10.0 Å². The number of benzene rings is 1. The molecule has 2 amide bonds. The average molecular weight is 430 g/mol. The molecule has 1 spiro atoms. The number of hydrogen-bond acceptors (Lipinski definition) is 2. The van der Waals surface area contributed by atoms with E-state index >= 15 is 0 Å². The van der Waals surface area contributed by atoms with Crippen LogP contribution in [0, 0.1) is 5.41 Å². The number of carbonyl (C=O) groups excluding carboxylic acids is 2. The van der Waals surface area contributed by atoms with Crippen molar-refractivity contribution in [2.24, 2.45) is 5.41 Å². The number of fused-ring (bicyclic) bond motifs is 1. The van der Waals surface area contributed by atoms with Crippen molar-refractivity contribution in [3.8, 4) is 0 Å². The molecule has 2 N–H and O–H groups in total. The second-order valence-electron chi connectivity index (χ2n) is 7.61. The van der Waals surface area contributed by atoms with Crippen LogP contribution >= 0.6 is 23.2 Å². The first kappa shape index (κ1) is 19.5. The molecule has 1 saturated carbocycles. The minimum atomic E-state index is -2.68. The van der Waals surface area contributed by atoms with E-state index in [0.717, 1.165) is 0 Å². The Hall–Kier alpha value is -1.86. The molecule has 1 aliphatic carbocycles. The van der Waals surface area contributed by atoms with Crippen molar-refractivity contribution in [1.82, 2.24) is 15.2 Å². The highest BCUT2D eigenvalue weighted by molar-refractivity contribution is 6.45. The van der Waals surface area contributed by atoms with Crippen molar-refractivity contribution in [2.75, 3.05) is 13.1 Å². The number of halogens is 4. The number of hydrogen-bond donors (Lipinski definition) is 2. The Bertz CT molecular complexity index is 977. The number of aromatic nitrogens is 1. The Kier molecular flexibility index (Phi) is 4.58. The summed E-state index contributed by atoms with van der Waals surface area (Å²) in [4.78, 5) is 29.8. The van der Waals surface area contributed by atoms with E-state index in [1.807, 2.05) is 0 Å². The van der Waals surface area contributed by atoms with Crippen LogP contribution in [0.4, 0.5) is 8.78 Å². The summed E-state index contributed by atoms with van der Waals surface area (Å²) in [6, 6.07) is 4.13. The third-order valence-electron chi connectivity index (χ3n) is 5.82. The van der Waals surface area contributed by atoms with Crippen LogP contribution in [-0.4, -0.2) is 46.8 Å². The van der Waals surface area contributed by atoms with E-state index in [4.69, 9.17) is 23.2 Å². The molecule has 1 aromatic carbocycles. The molecule has 2 atom stereocenters. The quantitative estimate of drug-likeness (QED) is 0.762. The van der Waals surface area contributed by atoms with Crippen molar-refractivity contribution < 1.29 is 18.4 Å². The lowest BCUT2D eigenvalue weighted by molar-refractivity contribution is -0.132. The van der Waals surface area contributed by atoms with Crippen LogP contribution in [0.1, 0.15) is 36.7 Å². The number of amides is 2. The Labute approximate surface area is 170 Å². The van der Waals surface area contributed by atoms with E-state index in [-0.39, 0.29) is 24.6 Å². The summed E-state index contributed by atoms with van der Waals surface area (Å²) < 4.78 is 27.1. The van der Waals surface area contributed by atoms with E-state index in [1.165, 1.54) is 4.90 Å². The van der Waals surface area contributed by atoms with Crippen molar-refractivity contribution in [2.45, 2.75) is 38.2 Å². The van der Waals surface area contributed by atoms with Gasteiger partial charge in [-0.15, -0.1) is 0 Å². The molecular weight excluding hydrogens is 411 g/mol. The van der Waals surface area contributed by atoms with Crippen molar-refractivity contribution in [1.29, 1.82) is 0 Å². The molecule has 2 aromatic rings. The molecule has 0 bridgehead atoms. The maximum atomic E-state index is 13.6. The fourth-order valence-corrected chi connectivity index (χ4v) is 4.33. The predicted octanol–water partition coefficient (Wildman–Crippen LogP) is 4.24.